The third-order valence-corrected chi connectivity index (χ3v) is 4.78. The molecule has 4 rings (SSSR count). The normalized spacial score (nSPS) is 10.5. The van der Waals surface area contributed by atoms with Crippen molar-refractivity contribution in [3.05, 3.63) is 78.1 Å². The van der Waals surface area contributed by atoms with E-state index < -0.39 is 0 Å². The van der Waals surface area contributed by atoms with Crippen LogP contribution in [0.5, 0.6) is 11.5 Å². The first-order chi connectivity index (χ1) is 14.6. The van der Waals surface area contributed by atoms with E-state index in [1.54, 1.807) is 26.4 Å². The summed E-state index contributed by atoms with van der Waals surface area (Å²) < 4.78 is 12.8. The fourth-order valence-corrected chi connectivity index (χ4v) is 3.25. The van der Waals surface area contributed by atoms with Crippen LogP contribution in [0, 0.1) is 18.3 Å². The average molecular weight is 396 g/mol. The molecule has 0 spiro atoms. The molecule has 0 radical (unpaired) electrons. The summed E-state index contributed by atoms with van der Waals surface area (Å²) in [7, 11) is 3.22. The Bertz CT molecular complexity index is 1240. The van der Waals surface area contributed by atoms with Crippen LogP contribution in [0.1, 0.15) is 11.3 Å². The number of aromatic nitrogens is 3. The number of methoxy groups -OCH3 is 2. The summed E-state index contributed by atoms with van der Waals surface area (Å²) >= 11 is 0. The minimum Gasteiger partial charge on any atom is -0.493 e. The summed E-state index contributed by atoms with van der Waals surface area (Å²) in [5.41, 5.74) is 4.87. The topological polar surface area (TPSA) is 73.0 Å². The highest BCUT2D eigenvalue weighted by atomic mass is 16.5. The molecule has 0 N–H and O–H groups in total. The molecule has 0 bridgehead atoms. The van der Waals surface area contributed by atoms with Crippen molar-refractivity contribution >= 4 is 0 Å². The number of imidazole rings is 1. The van der Waals surface area contributed by atoms with E-state index in [9.17, 15) is 0 Å². The average Bonchev–Trinajstić information content (AvgIpc) is 3.24. The maximum atomic E-state index is 9.06. The third kappa shape index (κ3) is 3.61. The van der Waals surface area contributed by atoms with Gasteiger partial charge in [0.15, 0.2) is 17.3 Å². The first-order valence-corrected chi connectivity index (χ1v) is 9.39. The largest absolute Gasteiger partial charge is 0.493 e. The summed E-state index contributed by atoms with van der Waals surface area (Å²) in [5, 5.41) is 9.06. The molecule has 2 aromatic heterocycles. The molecule has 0 aliphatic rings. The minimum atomic E-state index is 0.610. The minimum absolute atomic E-state index is 0.610. The van der Waals surface area contributed by atoms with Crippen molar-refractivity contribution in [1.29, 1.82) is 5.26 Å². The zero-order valence-electron chi connectivity index (χ0n) is 17.0. The smallest absolute Gasteiger partial charge is 0.163 e. The predicted molar refractivity (Wildman–Crippen MR) is 115 cm³/mol. The van der Waals surface area contributed by atoms with Crippen LogP contribution in [-0.4, -0.2) is 28.8 Å². The molecular formula is C24H20N4O2. The maximum absolute atomic E-state index is 9.06. The van der Waals surface area contributed by atoms with Gasteiger partial charge in [-0.05, 0) is 43.3 Å². The van der Waals surface area contributed by atoms with Crippen LogP contribution in [0.2, 0.25) is 0 Å². The Labute approximate surface area is 175 Å². The summed E-state index contributed by atoms with van der Waals surface area (Å²) in [6, 6.07) is 21.1. The van der Waals surface area contributed by atoms with Gasteiger partial charge in [0.05, 0.1) is 37.2 Å². The molecule has 0 aliphatic carbocycles. The molecule has 4 aromatic rings. The van der Waals surface area contributed by atoms with E-state index in [0.29, 0.717) is 22.9 Å². The van der Waals surface area contributed by atoms with Gasteiger partial charge in [-0.1, -0.05) is 18.2 Å². The number of hydrogen-bond acceptors (Lipinski definition) is 5. The van der Waals surface area contributed by atoms with Crippen LogP contribution in [-0.2, 0) is 0 Å². The van der Waals surface area contributed by atoms with Crippen molar-refractivity contribution < 1.29 is 9.47 Å². The molecular weight excluding hydrogens is 376 g/mol. The lowest BCUT2D eigenvalue weighted by molar-refractivity contribution is 0.355. The summed E-state index contributed by atoms with van der Waals surface area (Å²) in [6.45, 7) is 1.95. The molecule has 6 heteroatoms. The first-order valence-electron chi connectivity index (χ1n) is 9.39. The van der Waals surface area contributed by atoms with Gasteiger partial charge < -0.3 is 9.47 Å². The van der Waals surface area contributed by atoms with Gasteiger partial charge in [-0.25, -0.2) is 9.97 Å². The van der Waals surface area contributed by atoms with Gasteiger partial charge in [-0.3, -0.25) is 4.57 Å². The Balaban J connectivity index is 1.89. The lowest BCUT2D eigenvalue weighted by Crippen LogP contribution is -2.00. The van der Waals surface area contributed by atoms with Crippen LogP contribution in [0.3, 0.4) is 0 Å². The number of nitriles is 1. The van der Waals surface area contributed by atoms with E-state index in [1.165, 1.54) is 0 Å². The summed E-state index contributed by atoms with van der Waals surface area (Å²) in [6.07, 6.45) is 1.96. The number of nitrogens with zero attached hydrogens (tertiary/aromatic N) is 4. The molecule has 0 aliphatic heterocycles. The van der Waals surface area contributed by atoms with Crippen molar-refractivity contribution in [2.45, 2.75) is 6.92 Å². The van der Waals surface area contributed by atoms with Gasteiger partial charge in [0.25, 0.3) is 0 Å². The Hall–Kier alpha value is -4.11. The van der Waals surface area contributed by atoms with Gasteiger partial charge in [0.1, 0.15) is 5.69 Å². The lowest BCUT2D eigenvalue weighted by Gasteiger charge is -2.12. The number of hydrogen-bond donors (Lipinski definition) is 0. The van der Waals surface area contributed by atoms with E-state index >= 15 is 0 Å². The molecule has 2 aromatic carbocycles. The van der Waals surface area contributed by atoms with Crippen molar-refractivity contribution in [1.82, 2.24) is 14.5 Å². The zero-order valence-corrected chi connectivity index (χ0v) is 17.0. The van der Waals surface area contributed by atoms with Crippen LogP contribution < -0.4 is 9.47 Å². The van der Waals surface area contributed by atoms with Crippen LogP contribution >= 0.6 is 0 Å². The molecule has 0 amide bonds. The highest BCUT2D eigenvalue weighted by molar-refractivity contribution is 5.67. The highest BCUT2D eigenvalue weighted by Crippen LogP contribution is 2.32. The first kappa shape index (κ1) is 19.2. The summed E-state index contributed by atoms with van der Waals surface area (Å²) in [5.74, 6) is 2.00. The van der Waals surface area contributed by atoms with E-state index in [0.717, 1.165) is 28.3 Å². The van der Waals surface area contributed by atoms with E-state index in [2.05, 4.69) is 11.1 Å². The van der Waals surface area contributed by atoms with Gasteiger partial charge in [-0.2, -0.15) is 5.26 Å². The molecule has 0 saturated carbocycles. The molecule has 6 nitrogen and oxygen atoms in total. The second-order valence-electron chi connectivity index (χ2n) is 6.71. The second-order valence-corrected chi connectivity index (χ2v) is 6.71. The molecule has 2 heterocycles. The van der Waals surface area contributed by atoms with Crippen LogP contribution in [0.25, 0.3) is 28.5 Å². The van der Waals surface area contributed by atoms with Gasteiger partial charge in [-0.15, -0.1) is 0 Å². The zero-order chi connectivity index (χ0) is 21.1. The number of aryl methyl sites for hydroxylation is 1. The summed E-state index contributed by atoms with van der Waals surface area (Å²) in [4.78, 5) is 9.53. The van der Waals surface area contributed by atoms with Crippen LogP contribution in [0.15, 0.2) is 66.9 Å². The van der Waals surface area contributed by atoms with Crippen molar-refractivity contribution in [3.63, 3.8) is 0 Å². The standard InChI is InChI=1S/C24H20N4O2/c1-16-5-4-6-20(26-16)24-27-21(18-9-7-17(14-25)8-10-18)15-28(24)19-11-12-22(29-2)23(13-19)30-3/h4-13,15H,1-3H3. The number of pyridine rings is 1. The van der Waals surface area contributed by atoms with Gasteiger partial charge >= 0.3 is 0 Å². The predicted octanol–water partition coefficient (Wildman–Crippen LogP) is 4.80. The molecule has 30 heavy (non-hydrogen) atoms. The fraction of sp³-hybridized carbons (Fsp3) is 0.125. The molecule has 148 valence electrons. The number of ether oxygens (including phenoxy) is 2. The Morgan fingerprint density at radius 3 is 2.30 bits per heavy atom. The molecule has 0 fully saturated rings. The molecule has 0 saturated heterocycles. The van der Waals surface area contributed by atoms with Crippen molar-refractivity contribution in [2.24, 2.45) is 0 Å². The third-order valence-electron chi connectivity index (χ3n) is 4.78. The van der Waals surface area contributed by atoms with E-state index in [4.69, 9.17) is 19.7 Å². The maximum Gasteiger partial charge on any atom is 0.163 e. The van der Waals surface area contributed by atoms with Crippen molar-refractivity contribution in [2.75, 3.05) is 14.2 Å². The lowest BCUT2D eigenvalue weighted by atomic mass is 10.1. The number of rotatable bonds is 5. The molecule has 0 unspecified atom stereocenters. The second kappa shape index (κ2) is 8.10. The number of benzene rings is 2. The van der Waals surface area contributed by atoms with E-state index in [1.807, 2.05) is 66.2 Å². The Morgan fingerprint density at radius 1 is 0.867 bits per heavy atom. The Kier molecular flexibility index (Phi) is 5.19. The highest BCUT2D eigenvalue weighted by Gasteiger charge is 2.16. The molecule has 0 atom stereocenters. The SMILES string of the molecule is COc1ccc(-n2cc(-c3ccc(C#N)cc3)nc2-c2cccc(C)n2)cc1OC. The van der Waals surface area contributed by atoms with Crippen LogP contribution in [0.4, 0.5) is 0 Å². The Morgan fingerprint density at radius 2 is 1.63 bits per heavy atom. The monoisotopic (exact) mass is 396 g/mol. The quantitative estimate of drug-likeness (QED) is 0.485. The van der Waals surface area contributed by atoms with E-state index in [-0.39, 0.29) is 0 Å². The van der Waals surface area contributed by atoms with Gasteiger partial charge in [0.2, 0.25) is 0 Å². The van der Waals surface area contributed by atoms with Gasteiger partial charge in [0, 0.05) is 23.5 Å². The fourth-order valence-electron chi connectivity index (χ4n) is 3.25. The van der Waals surface area contributed by atoms with Crippen molar-refractivity contribution in [3.8, 4) is 46.0 Å².